The summed E-state index contributed by atoms with van der Waals surface area (Å²) in [6.07, 6.45) is 0.570. The Morgan fingerprint density at radius 2 is 1.88 bits per heavy atom. The van der Waals surface area contributed by atoms with E-state index in [1.165, 1.54) is 32.4 Å². The fourth-order valence-electron chi connectivity index (χ4n) is 2.33. The lowest BCUT2D eigenvalue weighted by Crippen LogP contribution is -2.15. The van der Waals surface area contributed by atoms with Gasteiger partial charge in [0.2, 0.25) is 0 Å². The maximum atomic E-state index is 12.7. The Labute approximate surface area is 155 Å². The number of methoxy groups -OCH3 is 2. The van der Waals surface area contributed by atoms with Crippen molar-refractivity contribution >= 4 is 37.6 Å². The van der Waals surface area contributed by atoms with Crippen LogP contribution < -0.4 is 9.46 Å². The van der Waals surface area contributed by atoms with Crippen molar-refractivity contribution in [1.29, 1.82) is 0 Å². The molecule has 0 atom stereocenters. The highest BCUT2D eigenvalue weighted by molar-refractivity contribution is 9.10. The van der Waals surface area contributed by atoms with E-state index in [2.05, 4.69) is 25.4 Å². The number of sulfonamides is 1. The van der Waals surface area contributed by atoms with Gasteiger partial charge in [-0.3, -0.25) is 4.72 Å². The highest BCUT2D eigenvalue weighted by Crippen LogP contribution is 2.27. The molecule has 0 aliphatic heterocycles. The maximum Gasteiger partial charge on any atom is 0.341 e. The number of anilines is 1. The van der Waals surface area contributed by atoms with Crippen LogP contribution in [0.1, 0.15) is 22.8 Å². The lowest BCUT2D eigenvalue weighted by Gasteiger charge is -2.14. The quantitative estimate of drug-likeness (QED) is 0.711. The van der Waals surface area contributed by atoms with Gasteiger partial charge in [0.1, 0.15) is 11.3 Å². The number of ether oxygens (including phenoxy) is 2. The number of rotatable bonds is 6. The van der Waals surface area contributed by atoms with Crippen LogP contribution in [0.3, 0.4) is 0 Å². The number of esters is 1. The van der Waals surface area contributed by atoms with Crippen LogP contribution in [0.15, 0.2) is 45.8 Å². The molecule has 1 N–H and O–H groups in total. The second kappa shape index (κ2) is 7.88. The topological polar surface area (TPSA) is 81.7 Å². The van der Waals surface area contributed by atoms with Crippen molar-refractivity contribution in [2.24, 2.45) is 0 Å². The van der Waals surface area contributed by atoms with Gasteiger partial charge in [-0.2, -0.15) is 0 Å². The zero-order valence-corrected chi connectivity index (χ0v) is 16.4. The van der Waals surface area contributed by atoms with Crippen molar-refractivity contribution in [1.82, 2.24) is 0 Å². The van der Waals surface area contributed by atoms with Gasteiger partial charge in [0.05, 0.1) is 24.8 Å². The van der Waals surface area contributed by atoms with E-state index in [0.29, 0.717) is 12.0 Å². The third-order valence-electron chi connectivity index (χ3n) is 3.55. The summed E-state index contributed by atoms with van der Waals surface area (Å²) in [6, 6.07) is 9.37. The second-order valence-corrected chi connectivity index (χ2v) is 7.68. The van der Waals surface area contributed by atoms with E-state index < -0.39 is 16.0 Å². The fourth-order valence-corrected chi connectivity index (χ4v) is 4.08. The minimum Gasteiger partial charge on any atom is -0.496 e. The van der Waals surface area contributed by atoms with Gasteiger partial charge in [-0.1, -0.05) is 22.9 Å². The van der Waals surface area contributed by atoms with Gasteiger partial charge in [0, 0.05) is 10.5 Å². The molecule has 2 rings (SSSR count). The first-order valence-electron chi connectivity index (χ1n) is 7.40. The molecule has 8 heteroatoms. The number of benzene rings is 2. The van der Waals surface area contributed by atoms with Gasteiger partial charge in [0.15, 0.2) is 0 Å². The van der Waals surface area contributed by atoms with Crippen LogP contribution >= 0.6 is 15.9 Å². The molecule has 0 aromatic heterocycles. The summed E-state index contributed by atoms with van der Waals surface area (Å²) in [5.41, 5.74) is 1.19. The summed E-state index contributed by atoms with van der Waals surface area (Å²) < 4.78 is 38.6. The highest BCUT2D eigenvalue weighted by Gasteiger charge is 2.20. The van der Waals surface area contributed by atoms with Crippen molar-refractivity contribution in [2.75, 3.05) is 18.9 Å². The van der Waals surface area contributed by atoms with Crippen LogP contribution in [0.25, 0.3) is 0 Å². The van der Waals surface area contributed by atoms with E-state index in [0.717, 1.165) is 4.47 Å². The van der Waals surface area contributed by atoms with Crippen LogP contribution in [0, 0.1) is 0 Å². The fraction of sp³-hybridized carbons (Fsp3) is 0.235. The van der Waals surface area contributed by atoms with Gasteiger partial charge >= 0.3 is 5.97 Å². The van der Waals surface area contributed by atoms with E-state index in [9.17, 15) is 13.2 Å². The molecule has 0 saturated heterocycles. The van der Waals surface area contributed by atoms with Gasteiger partial charge in [-0.05, 0) is 42.3 Å². The average molecular weight is 428 g/mol. The first-order valence-corrected chi connectivity index (χ1v) is 9.67. The Morgan fingerprint density at radius 1 is 1.16 bits per heavy atom. The number of halogens is 1. The molecule has 0 bridgehead atoms. The molecule has 0 saturated carbocycles. The van der Waals surface area contributed by atoms with E-state index in [-0.39, 0.29) is 21.9 Å². The highest BCUT2D eigenvalue weighted by atomic mass is 79.9. The normalized spacial score (nSPS) is 11.0. The monoisotopic (exact) mass is 427 g/mol. The summed E-state index contributed by atoms with van der Waals surface area (Å²) in [4.78, 5) is 11.9. The van der Waals surface area contributed by atoms with Gasteiger partial charge in [-0.15, -0.1) is 0 Å². The summed E-state index contributed by atoms with van der Waals surface area (Å²) in [6.45, 7) is 1.88. The van der Waals surface area contributed by atoms with Crippen molar-refractivity contribution in [3.8, 4) is 5.75 Å². The standard InChI is InChI=1S/C17H18BrNO5S/c1-4-11-9-12(18)5-8-16(11)25(21,22)19-13-6-7-14(17(20)24-3)15(10-13)23-2/h5-10,19H,4H2,1-3H3. The summed E-state index contributed by atoms with van der Waals surface area (Å²) in [5, 5.41) is 0. The predicted molar refractivity (Wildman–Crippen MR) is 98.7 cm³/mol. The van der Waals surface area contributed by atoms with Crippen LogP contribution in [-0.4, -0.2) is 28.6 Å². The third kappa shape index (κ3) is 4.32. The number of carbonyl (C=O) groups excluding carboxylic acids is 1. The van der Waals surface area contributed by atoms with Crippen LogP contribution in [0.5, 0.6) is 5.75 Å². The Hall–Kier alpha value is -2.06. The van der Waals surface area contributed by atoms with Crippen molar-refractivity contribution < 1.29 is 22.7 Å². The van der Waals surface area contributed by atoms with Crippen molar-refractivity contribution in [3.63, 3.8) is 0 Å². The lowest BCUT2D eigenvalue weighted by atomic mass is 10.2. The molecule has 0 amide bonds. The molecule has 0 aliphatic rings. The Balaban J connectivity index is 2.40. The first kappa shape index (κ1) is 19.3. The molecule has 0 fully saturated rings. The number of carbonyl (C=O) groups is 1. The minimum atomic E-state index is -3.78. The minimum absolute atomic E-state index is 0.203. The molecule has 6 nitrogen and oxygen atoms in total. The molecule has 0 radical (unpaired) electrons. The molecule has 0 unspecified atom stereocenters. The SMILES string of the molecule is CCc1cc(Br)ccc1S(=O)(=O)Nc1ccc(C(=O)OC)c(OC)c1. The van der Waals surface area contributed by atoms with E-state index >= 15 is 0 Å². The zero-order chi connectivity index (χ0) is 18.6. The molecule has 2 aromatic carbocycles. The number of hydrogen-bond acceptors (Lipinski definition) is 5. The number of aryl methyl sites for hydroxylation is 1. The third-order valence-corrected chi connectivity index (χ3v) is 5.53. The van der Waals surface area contributed by atoms with Crippen LogP contribution in [-0.2, 0) is 21.2 Å². The largest absolute Gasteiger partial charge is 0.496 e. The number of nitrogens with one attached hydrogen (secondary N) is 1. The summed E-state index contributed by atoms with van der Waals surface area (Å²) in [5.74, 6) is -0.342. The zero-order valence-electron chi connectivity index (χ0n) is 14.0. The molecule has 0 spiro atoms. The molecular formula is C17H18BrNO5S. The Morgan fingerprint density at radius 3 is 2.48 bits per heavy atom. The van der Waals surface area contributed by atoms with Crippen LogP contribution in [0.2, 0.25) is 0 Å². The van der Waals surface area contributed by atoms with E-state index in [4.69, 9.17) is 4.74 Å². The van der Waals surface area contributed by atoms with E-state index in [1.54, 1.807) is 18.2 Å². The molecule has 0 heterocycles. The van der Waals surface area contributed by atoms with Crippen LogP contribution in [0.4, 0.5) is 5.69 Å². The van der Waals surface area contributed by atoms with Crippen molar-refractivity contribution in [2.45, 2.75) is 18.2 Å². The molecular weight excluding hydrogens is 410 g/mol. The van der Waals surface area contributed by atoms with Gasteiger partial charge in [-0.25, -0.2) is 13.2 Å². The average Bonchev–Trinajstić information content (AvgIpc) is 2.60. The van der Waals surface area contributed by atoms with Gasteiger partial charge < -0.3 is 9.47 Å². The van der Waals surface area contributed by atoms with E-state index in [1.807, 2.05) is 6.92 Å². The molecule has 25 heavy (non-hydrogen) atoms. The predicted octanol–water partition coefficient (Wildman–Crippen LogP) is 3.61. The molecule has 2 aromatic rings. The maximum absolute atomic E-state index is 12.7. The Bertz CT molecular complexity index is 896. The summed E-state index contributed by atoms with van der Waals surface area (Å²) >= 11 is 3.34. The smallest absolute Gasteiger partial charge is 0.341 e. The second-order valence-electron chi connectivity index (χ2n) is 5.12. The van der Waals surface area contributed by atoms with Crippen molar-refractivity contribution in [3.05, 3.63) is 52.0 Å². The Kier molecular flexibility index (Phi) is 6.07. The lowest BCUT2D eigenvalue weighted by molar-refractivity contribution is 0.0597. The number of hydrogen-bond donors (Lipinski definition) is 1. The summed E-state index contributed by atoms with van der Waals surface area (Å²) in [7, 11) is -1.12. The molecule has 134 valence electrons. The van der Waals surface area contributed by atoms with Gasteiger partial charge in [0.25, 0.3) is 10.0 Å². The molecule has 0 aliphatic carbocycles. The first-order chi connectivity index (χ1) is 11.8.